The second kappa shape index (κ2) is 3.85. The van der Waals surface area contributed by atoms with Crippen molar-refractivity contribution in [3.63, 3.8) is 0 Å². The van der Waals surface area contributed by atoms with Gasteiger partial charge in [0.15, 0.2) is 5.83 Å². The van der Waals surface area contributed by atoms with E-state index >= 15 is 0 Å². The van der Waals surface area contributed by atoms with Gasteiger partial charge in [-0.05, 0) is 18.1 Å². The topological polar surface area (TPSA) is 20.3 Å². The average molecular weight is 205 g/mol. The molecule has 78 valence electrons. The van der Waals surface area contributed by atoms with Crippen molar-refractivity contribution in [1.82, 2.24) is 4.90 Å². The van der Waals surface area contributed by atoms with Gasteiger partial charge in [0.2, 0.25) is 0 Å². The third-order valence-corrected chi connectivity index (χ3v) is 2.49. The van der Waals surface area contributed by atoms with Crippen molar-refractivity contribution < 1.29 is 9.18 Å². The van der Waals surface area contributed by atoms with Crippen molar-refractivity contribution in [3.05, 3.63) is 47.3 Å². The quantitative estimate of drug-likeness (QED) is 0.725. The van der Waals surface area contributed by atoms with E-state index in [9.17, 15) is 9.18 Å². The van der Waals surface area contributed by atoms with Crippen molar-refractivity contribution in [2.24, 2.45) is 0 Å². The SMILES string of the molecule is CC1=C(F)C(=O)N(Cc2ccccc2)C1. The third-order valence-electron chi connectivity index (χ3n) is 2.49. The number of hydrogen-bond donors (Lipinski definition) is 0. The molecule has 2 rings (SSSR count). The minimum atomic E-state index is -0.592. The van der Waals surface area contributed by atoms with Crippen LogP contribution in [0.2, 0.25) is 0 Å². The molecule has 0 aliphatic carbocycles. The molecule has 1 heterocycles. The number of rotatable bonds is 2. The highest BCUT2D eigenvalue weighted by Gasteiger charge is 2.27. The monoisotopic (exact) mass is 205 g/mol. The fourth-order valence-corrected chi connectivity index (χ4v) is 1.68. The summed E-state index contributed by atoms with van der Waals surface area (Å²) in [4.78, 5) is 12.9. The van der Waals surface area contributed by atoms with E-state index < -0.39 is 11.7 Å². The summed E-state index contributed by atoms with van der Waals surface area (Å²) >= 11 is 0. The van der Waals surface area contributed by atoms with E-state index in [4.69, 9.17) is 0 Å². The molecular weight excluding hydrogens is 193 g/mol. The predicted octanol–water partition coefficient (Wildman–Crippen LogP) is 2.27. The maximum absolute atomic E-state index is 13.2. The first-order valence-electron chi connectivity index (χ1n) is 4.87. The minimum Gasteiger partial charge on any atom is -0.328 e. The first-order valence-corrected chi connectivity index (χ1v) is 4.87. The van der Waals surface area contributed by atoms with Gasteiger partial charge >= 0.3 is 0 Å². The van der Waals surface area contributed by atoms with Crippen LogP contribution in [0.5, 0.6) is 0 Å². The Hall–Kier alpha value is -1.64. The van der Waals surface area contributed by atoms with E-state index in [2.05, 4.69) is 0 Å². The van der Waals surface area contributed by atoms with Crippen LogP contribution < -0.4 is 0 Å². The van der Waals surface area contributed by atoms with E-state index in [1.54, 1.807) is 6.92 Å². The number of hydrogen-bond acceptors (Lipinski definition) is 1. The highest BCUT2D eigenvalue weighted by Crippen LogP contribution is 2.21. The van der Waals surface area contributed by atoms with Crippen molar-refractivity contribution in [2.75, 3.05) is 6.54 Å². The summed E-state index contributed by atoms with van der Waals surface area (Å²) in [6, 6.07) is 9.59. The highest BCUT2D eigenvalue weighted by atomic mass is 19.1. The van der Waals surface area contributed by atoms with Gasteiger partial charge in [-0.1, -0.05) is 30.3 Å². The van der Waals surface area contributed by atoms with Crippen LogP contribution in [-0.2, 0) is 11.3 Å². The van der Waals surface area contributed by atoms with Crippen LogP contribution in [0.4, 0.5) is 4.39 Å². The van der Waals surface area contributed by atoms with Gasteiger partial charge in [-0.3, -0.25) is 4.79 Å². The van der Waals surface area contributed by atoms with E-state index in [1.807, 2.05) is 30.3 Å². The number of benzene rings is 1. The van der Waals surface area contributed by atoms with E-state index in [0.717, 1.165) is 5.56 Å². The molecule has 1 aromatic rings. The molecule has 0 fully saturated rings. The molecule has 3 heteroatoms. The Morgan fingerprint density at radius 2 is 2.00 bits per heavy atom. The van der Waals surface area contributed by atoms with Crippen LogP contribution in [0.1, 0.15) is 12.5 Å². The minimum absolute atomic E-state index is 0.402. The Balaban J connectivity index is 2.08. The molecule has 0 radical (unpaired) electrons. The van der Waals surface area contributed by atoms with Crippen molar-refractivity contribution in [2.45, 2.75) is 13.5 Å². The van der Waals surface area contributed by atoms with Gasteiger partial charge in [-0.25, -0.2) is 4.39 Å². The molecular formula is C12H12FNO. The summed E-state index contributed by atoms with van der Waals surface area (Å²) in [6.45, 7) is 2.53. The lowest BCUT2D eigenvalue weighted by Crippen LogP contribution is -2.26. The van der Waals surface area contributed by atoms with Crippen LogP contribution in [0.15, 0.2) is 41.7 Å². The molecule has 0 saturated carbocycles. The molecule has 1 aliphatic rings. The van der Waals surface area contributed by atoms with Gasteiger partial charge in [-0.2, -0.15) is 0 Å². The first-order chi connectivity index (χ1) is 7.18. The molecule has 0 spiro atoms. The lowest BCUT2D eigenvalue weighted by Gasteiger charge is -2.15. The molecule has 15 heavy (non-hydrogen) atoms. The molecule has 2 nitrogen and oxygen atoms in total. The number of carbonyl (C=O) groups excluding carboxylic acids is 1. The molecule has 1 aromatic carbocycles. The van der Waals surface area contributed by atoms with Gasteiger partial charge in [0.25, 0.3) is 5.91 Å². The Morgan fingerprint density at radius 3 is 2.53 bits per heavy atom. The lowest BCUT2D eigenvalue weighted by molar-refractivity contribution is -0.127. The second-order valence-electron chi connectivity index (χ2n) is 3.74. The van der Waals surface area contributed by atoms with Gasteiger partial charge in [0.05, 0.1) is 0 Å². The molecule has 0 atom stereocenters. The van der Waals surface area contributed by atoms with Crippen LogP contribution >= 0.6 is 0 Å². The largest absolute Gasteiger partial charge is 0.328 e. The number of halogens is 1. The third kappa shape index (κ3) is 1.91. The van der Waals surface area contributed by atoms with Crippen LogP contribution in [-0.4, -0.2) is 17.4 Å². The molecule has 0 saturated heterocycles. The zero-order valence-corrected chi connectivity index (χ0v) is 8.53. The maximum Gasteiger partial charge on any atom is 0.283 e. The normalized spacial score (nSPS) is 16.4. The summed E-state index contributed by atoms with van der Waals surface area (Å²) < 4.78 is 13.2. The smallest absolute Gasteiger partial charge is 0.283 e. The number of amides is 1. The Morgan fingerprint density at radius 1 is 1.33 bits per heavy atom. The van der Waals surface area contributed by atoms with Gasteiger partial charge < -0.3 is 4.90 Å². The van der Waals surface area contributed by atoms with Crippen LogP contribution in [0.25, 0.3) is 0 Å². The summed E-state index contributed by atoms with van der Waals surface area (Å²) in [5.74, 6) is -1.08. The van der Waals surface area contributed by atoms with Crippen LogP contribution in [0, 0.1) is 0 Å². The average Bonchev–Trinajstić information content (AvgIpc) is 2.48. The summed E-state index contributed by atoms with van der Waals surface area (Å²) in [6.07, 6.45) is 0. The van der Waals surface area contributed by atoms with Crippen molar-refractivity contribution in [3.8, 4) is 0 Å². The van der Waals surface area contributed by atoms with Crippen molar-refractivity contribution in [1.29, 1.82) is 0 Å². The zero-order valence-electron chi connectivity index (χ0n) is 8.53. The molecule has 0 unspecified atom stereocenters. The Bertz CT molecular complexity index is 411. The number of nitrogens with zero attached hydrogens (tertiary/aromatic N) is 1. The second-order valence-corrected chi connectivity index (χ2v) is 3.74. The molecule has 1 aliphatic heterocycles. The van der Waals surface area contributed by atoms with Gasteiger partial charge in [-0.15, -0.1) is 0 Å². The summed E-state index contributed by atoms with van der Waals surface area (Å²) in [5.41, 5.74) is 1.55. The van der Waals surface area contributed by atoms with E-state index in [1.165, 1.54) is 4.90 Å². The Labute approximate surface area is 88.0 Å². The molecule has 0 N–H and O–H groups in total. The lowest BCUT2D eigenvalue weighted by atomic mass is 10.2. The predicted molar refractivity (Wildman–Crippen MR) is 55.7 cm³/mol. The molecule has 0 bridgehead atoms. The number of carbonyl (C=O) groups is 1. The fourth-order valence-electron chi connectivity index (χ4n) is 1.68. The van der Waals surface area contributed by atoms with Gasteiger partial charge in [0.1, 0.15) is 0 Å². The summed E-state index contributed by atoms with van der Waals surface area (Å²) in [7, 11) is 0. The van der Waals surface area contributed by atoms with E-state index in [-0.39, 0.29) is 0 Å². The standard InChI is InChI=1S/C12H12FNO/c1-9-7-14(12(15)11(9)13)8-10-5-3-2-4-6-10/h2-6H,7-8H2,1H3. The molecule has 0 aromatic heterocycles. The van der Waals surface area contributed by atoms with Gasteiger partial charge in [0, 0.05) is 13.1 Å². The maximum atomic E-state index is 13.2. The van der Waals surface area contributed by atoms with Crippen LogP contribution in [0.3, 0.4) is 0 Å². The first kappa shape index (κ1) is 9.90. The van der Waals surface area contributed by atoms with Crippen molar-refractivity contribution >= 4 is 5.91 Å². The fraction of sp³-hybridized carbons (Fsp3) is 0.250. The zero-order chi connectivity index (χ0) is 10.8. The van der Waals surface area contributed by atoms with E-state index in [0.29, 0.717) is 18.7 Å². The highest BCUT2D eigenvalue weighted by molar-refractivity contribution is 5.94. The Kier molecular flexibility index (Phi) is 2.54. The summed E-state index contributed by atoms with van der Waals surface area (Å²) in [5, 5.41) is 0. The molecule has 1 amide bonds.